The molecule has 2 aromatic rings. The molecule has 0 spiro atoms. The van der Waals surface area contributed by atoms with Crippen LogP contribution in [0.1, 0.15) is 28.9 Å². The predicted octanol–water partition coefficient (Wildman–Crippen LogP) is 2.92. The number of aromatic nitrogens is 2. The maximum atomic E-state index is 15.1. The van der Waals surface area contributed by atoms with Crippen molar-refractivity contribution < 1.29 is 31.5 Å². The molecule has 0 fully saturated rings. The number of carbonyl (C=O) groups is 1. The summed E-state index contributed by atoms with van der Waals surface area (Å²) in [6, 6.07) is 1.04. The Morgan fingerprint density at radius 3 is 2.55 bits per heavy atom. The van der Waals surface area contributed by atoms with E-state index in [4.69, 9.17) is 10.5 Å². The van der Waals surface area contributed by atoms with E-state index in [2.05, 4.69) is 20.3 Å². The zero-order chi connectivity index (χ0) is 21.4. The SMILES string of the molecule is COc1cnc(C(=O)Nc2cc(F)c(F)c([C@@]3(F)N=C(N)CCC3(F)F)c2)cn1. The molecule has 0 saturated heterocycles. The number of benzene rings is 1. The Morgan fingerprint density at radius 1 is 1.21 bits per heavy atom. The van der Waals surface area contributed by atoms with Gasteiger partial charge in [0.05, 0.1) is 30.9 Å². The molecular weight excluding hydrogens is 401 g/mol. The molecule has 0 bridgehead atoms. The maximum Gasteiger partial charge on any atom is 0.306 e. The number of hydrogen-bond donors (Lipinski definition) is 2. The number of carbonyl (C=O) groups excluding carboxylic acids is 1. The van der Waals surface area contributed by atoms with Crippen molar-refractivity contribution in [1.29, 1.82) is 0 Å². The van der Waals surface area contributed by atoms with Crippen LogP contribution in [0.2, 0.25) is 0 Å². The lowest BCUT2D eigenvalue weighted by atomic mass is 9.91. The van der Waals surface area contributed by atoms with Crippen LogP contribution in [0.15, 0.2) is 29.5 Å². The fourth-order valence-electron chi connectivity index (χ4n) is 2.68. The van der Waals surface area contributed by atoms with Gasteiger partial charge in [0.15, 0.2) is 11.6 Å². The van der Waals surface area contributed by atoms with Gasteiger partial charge in [-0.25, -0.2) is 36.9 Å². The number of ether oxygens (including phenoxy) is 1. The van der Waals surface area contributed by atoms with Gasteiger partial charge in [0.1, 0.15) is 5.69 Å². The topological polar surface area (TPSA) is 102 Å². The fourth-order valence-corrected chi connectivity index (χ4v) is 2.68. The van der Waals surface area contributed by atoms with Crippen molar-refractivity contribution in [2.45, 2.75) is 24.6 Å². The van der Waals surface area contributed by atoms with Gasteiger partial charge in [-0.1, -0.05) is 0 Å². The van der Waals surface area contributed by atoms with Gasteiger partial charge in [-0.15, -0.1) is 0 Å². The Hall–Kier alpha value is -3.31. The maximum absolute atomic E-state index is 15.1. The smallest absolute Gasteiger partial charge is 0.306 e. The third-order valence-corrected chi connectivity index (χ3v) is 4.19. The van der Waals surface area contributed by atoms with Gasteiger partial charge in [0, 0.05) is 24.6 Å². The molecule has 1 atom stereocenters. The van der Waals surface area contributed by atoms with E-state index in [1.807, 2.05) is 0 Å². The van der Waals surface area contributed by atoms with E-state index in [0.29, 0.717) is 12.1 Å². The molecule has 0 radical (unpaired) electrons. The van der Waals surface area contributed by atoms with Crippen molar-refractivity contribution in [2.75, 3.05) is 12.4 Å². The highest BCUT2D eigenvalue weighted by Crippen LogP contribution is 2.49. The summed E-state index contributed by atoms with van der Waals surface area (Å²) in [6.45, 7) is 0. The first kappa shape index (κ1) is 20.4. The van der Waals surface area contributed by atoms with E-state index in [1.165, 1.54) is 7.11 Å². The van der Waals surface area contributed by atoms with Gasteiger partial charge in [-0.2, -0.15) is 0 Å². The van der Waals surface area contributed by atoms with Crippen LogP contribution in [0, 0.1) is 11.6 Å². The molecule has 1 aliphatic rings. The number of amidine groups is 1. The number of amides is 1. The van der Waals surface area contributed by atoms with Gasteiger partial charge >= 0.3 is 5.92 Å². The summed E-state index contributed by atoms with van der Waals surface area (Å²) in [4.78, 5) is 22.8. The Morgan fingerprint density at radius 2 is 1.93 bits per heavy atom. The number of halogens is 5. The second kappa shape index (κ2) is 7.26. The van der Waals surface area contributed by atoms with E-state index in [9.17, 15) is 22.4 Å². The molecule has 1 aromatic carbocycles. The molecule has 3 rings (SSSR count). The second-order valence-electron chi connectivity index (χ2n) is 6.15. The third-order valence-electron chi connectivity index (χ3n) is 4.19. The zero-order valence-electron chi connectivity index (χ0n) is 14.8. The van der Waals surface area contributed by atoms with E-state index in [0.717, 1.165) is 12.4 Å². The average Bonchev–Trinajstić information content (AvgIpc) is 2.68. The number of nitrogens with two attached hydrogens (primary N) is 1. The van der Waals surface area contributed by atoms with Gasteiger partial charge in [0.2, 0.25) is 5.88 Å². The van der Waals surface area contributed by atoms with Crippen LogP contribution in [-0.2, 0) is 5.79 Å². The standard InChI is InChI=1S/C17H14F5N5O2/c1-29-13-7-24-11(6-25-13)15(28)26-8-4-9(14(19)10(18)5-8)17(22)16(20,21)3-2-12(23)27-17/h4-7H,2-3H2,1H3,(H2,23,27)(H,26,28)/t17-/m1/s1. The molecule has 0 saturated carbocycles. The fraction of sp³-hybridized carbons (Fsp3) is 0.294. The van der Waals surface area contributed by atoms with Crippen LogP contribution in [-0.4, -0.2) is 34.7 Å². The molecule has 154 valence electrons. The van der Waals surface area contributed by atoms with Gasteiger partial charge < -0.3 is 15.8 Å². The molecule has 29 heavy (non-hydrogen) atoms. The van der Waals surface area contributed by atoms with Crippen LogP contribution in [0.4, 0.5) is 27.6 Å². The highest BCUT2D eigenvalue weighted by Gasteiger charge is 2.59. The van der Waals surface area contributed by atoms with Crippen LogP contribution in [0.5, 0.6) is 5.88 Å². The second-order valence-corrected chi connectivity index (χ2v) is 6.15. The molecule has 3 N–H and O–H groups in total. The zero-order valence-corrected chi connectivity index (χ0v) is 14.8. The normalized spacial score (nSPS) is 20.7. The van der Waals surface area contributed by atoms with Gasteiger partial charge in [-0.3, -0.25) is 4.79 Å². The van der Waals surface area contributed by atoms with Gasteiger partial charge in [-0.05, 0) is 6.07 Å². The number of rotatable bonds is 4. The minimum absolute atomic E-state index is 0.117. The van der Waals surface area contributed by atoms with Crippen LogP contribution >= 0.6 is 0 Å². The number of nitrogens with zero attached hydrogens (tertiary/aromatic N) is 3. The van der Waals surface area contributed by atoms with Crippen molar-refractivity contribution in [3.8, 4) is 5.88 Å². The average molecular weight is 415 g/mol. The van der Waals surface area contributed by atoms with Crippen LogP contribution in [0.25, 0.3) is 0 Å². The highest BCUT2D eigenvalue weighted by molar-refractivity contribution is 6.02. The number of alkyl halides is 3. The lowest BCUT2D eigenvalue weighted by Crippen LogP contribution is -2.46. The van der Waals surface area contributed by atoms with Crippen molar-refractivity contribution in [1.82, 2.24) is 9.97 Å². The Kier molecular flexibility index (Phi) is 5.11. The number of hydrogen-bond acceptors (Lipinski definition) is 6. The van der Waals surface area contributed by atoms with Crippen molar-refractivity contribution in [3.05, 3.63) is 47.4 Å². The summed E-state index contributed by atoms with van der Waals surface area (Å²) in [6.07, 6.45) is 0.710. The van der Waals surface area contributed by atoms with Gasteiger partial charge in [0.25, 0.3) is 11.7 Å². The van der Waals surface area contributed by atoms with E-state index < -0.39 is 59.2 Å². The summed E-state index contributed by atoms with van der Waals surface area (Å²) in [5.74, 6) is -12.9. The van der Waals surface area contributed by atoms with E-state index in [-0.39, 0.29) is 11.6 Å². The Balaban J connectivity index is 1.99. The Labute approximate surface area is 160 Å². The van der Waals surface area contributed by atoms with Crippen molar-refractivity contribution in [2.24, 2.45) is 10.7 Å². The molecule has 12 heteroatoms. The molecule has 1 amide bonds. The lowest BCUT2D eigenvalue weighted by Gasteiger charge is -2.34. The lowest BCUT2D eigenvalue weighted by molar-refractivity contribution is -0.149. The summed E-state index contributed by atoms with van der Waals surface area (Å²) in [5, 5.41) is 2.12. The van der Waals surface area contributed by atoms with Crippen molar-refractivity contribution in [3.63, 3.8) is 0 Å². The summed E-state index contributed by atoms with van der Waals surface area (Å²) in [5.41, 5.74) is 3.22. The first-order valence-corrected chi connectivity index (χ1v) is 8.15. The number of methoxy groups -OCH3 is 1. The molecule has 1 aliphatic heterocycles. The first-order chi connectivity index (χ1) is 13.6. The van der Waals surface area contributed by atoms with E-state index in [1.54, 1.807) is 0 Å². The Bertz CT molecular complexity index is 983. The number of anilines is 1. The first-order valence-electron chi connectivity index (χ1n) is 8.15. The van der Waals surface area contributed by atoms with E-state index >= 15 is 4.39 Å². The summed E-state index contributed by atoms with van der Waals surface area (Å²) < 4.78 is 76.6. The summed E-state index contributed by atoms with van der Waals surface area (Å²) >= 11 is 0. The largest absolute Gasteiger partial charge is 0.480 e. The minimum atomic E-state index is -4.15. The molecular formula is C17H14F5N5O2. The third kappa shape index (κ3) is 3.69. The van der Waals surface area contributed by atoms with Crippen LogP contribution in [0.3, 0.4) is 0 Å². The molecule has 2 heterocycles. The summed E-state index contributed by atoms with van der Waals surface area (Å²) in [7, 11) is 1.33. The highest BCUT2D eigenvalue weighted by atomic mass is 19.3. The minimum Gasteiger partial charge on any atom is -0.480 e. The number of nitrogens with one attached hydrogen (secondary N) is 1. The van der Waals surface area contributed by atoms with Crippen LogP contribution < -0.4 is 15.8 Å². The quantitative estimate of drug-likeness (QED) is 0.591. The van der Waals surface area contributed by atoms with Crippen molar-refractivity contribution >= 4 is 17.4 Å². The number of aliphatic imine (C=N–C) groups is 1. The predicted molar refractivity (Wildman–Crippen MR) is 91.5 cm³/mol. The molecule has 0 unspecified atom stereocenters. The monoisotopic (exact) mass is 415 g/mol. The molecule has 1 aromatic heterocycles. The molecule has 0 aliphatic carbocycles. The molecule has 7 nitrogen and oxygen atoms in total.